The van der Waals surface area contributed by atoms with E-state index in [9.17, 15) is 0 Å². The Hall–Kier alpha value is -6.01. The largest absolute Gasteiger partial charge is 0.182 e. The highest BCUT2D eigenvalue weighted by Crippen LogP contribution is 2.60. The first kappa shape index (κ1) is 110. The summed E-state index contributed by atoms with van der Waals surface area (Å²) in [6, 6.07) is 56.7. The Morgan fingerprint density at radius 3 is 1.04 bits per heavy atom. The van der Waals surface area contributed by atoms with Crippen molar-refractivity contribution in [3.8, 4) is 94.0 Å². The molecule has 0 nitrogen and oxygen atoms in total. The first-order chi connectivity index (χ1) is 65.2. The van der Waals surface area contributed by atoms with Crippen molar-refractivity contribution in [1.82, 2.24) is 0 Å². The minimum Gasteiger partial charge on any atom is -0.140 e. The monoisotopic (exact) mass is 2020 g/mol. The van der Waals surface area contributed by atoms with Crippen LogP contribution in [0.2, 0.25) is 12.1 Å². The SMILES string of the molecule is CC#CC.CC#Cc1ccc(-c2ccc(C)s2)s1.CC#Cc1sc(-c2sc(-c3sc(C)cc3CCCCCC)cc2CCCCCC)cc1CCCCCC.CC=CC.CCCCCCC1(CCCCCC)c2cc(C)sc2-c2sc(C)cc21.CCCCCC[Si]1(CCCCCC)c2cc(C)sc2-c2sc(C)cc21.Cc1cc2c(s1)-c1sc(C)cc1[Si]2(c1ccccc1)c1ccccc1. The molecule has 2 aliphatic heterocycles. The van der Waals surface area contributed by atoms with Crippen LogP contribution in [0, 0.1) is 90.9 Å². The van der Waals surface area contributed by atoms with Crippen molar-refractivity contribution in [2.75, 3.05) is 0 Å². The Morgan fingerprint density at radius 2 is 0.627 bits per heavy atom. The molecule has 3 aliphatic rings. The Morgan fingerprint density at radius 1 is 0.276 bits per heavy atom. The molecule has 0 radical (unpaired) electrons. The van der Waals surface area contributed by atoms with Gasteiger partial charge in [-0.1, -0.05) is 294 Å². The number of hydrogen-bond donors (Lipinski definition) is 0. The Bertz CT molecular complexity index is 5560. The molecule has 0 atom stereocenters. The van der Waals surface area contributed by atoms with Gasteiger partial charge in [-0.25, -0.2) is 0 Å². The lowest BCUT2D eigenvalue weighted by atomic mass is 9.71. The smallest absolute Gasteiger partial charge is 0.140 e. The van der Waals surface area contributed by atoms with Crippen molar-refractivity contribution in [3.63, 3.8) is 0 Å². The molecule has 11 aromatic heterocycles. The molecule has 0 N–H and O–H groups in total. The number of thiophene rings is 11. The molecule has 1 aliphatic carbocycles. The predicted octanol–water partition coefficient (Wildman–Crippen LogP) is 38.6. The van der Waals surface area contributed by atoms with E-state index in [-0.39, 0.29) is 0 Å². The molecule has 0 unspecified atom stereocenters. The minimum atomic E-state index is -2.16. The van der Waals surface area contributed by atoms with Crippen molar-refractivity contribution < 1.29 is 0 Å². The van der Waals surface area contributed by atoms with Crippen LogP contribution in [0.5, 0.6) is 0 Å². The molecule has 16 rings (SSSR count). The van der Waals surface area contributed by atoms with Gasteiger partial charge in [0.25, 0.3) is 0 Å². The number of benzene rings is 2. The van der Waals surface area contributed by atoms with Gasteiger partial charge in [0.15, 0.2) is 8.07 Å². The standard InChI is InChI=1S/C34H48S3.C23H34S2.C22H18S2Si.C22H34S2Si.C12H10S2.C4H8.C4H6/c1-6-10-13-16-20-27-24-31(36-30(27)19-9-4)34-29(22-18-15-12-8-3)25-32(37-34)33-28(23-26(5)35-33)21-17-14-11-7-2;1-5-7-9-11-13-23(14-12-10-8-6-2)19-15-17(3)24-21(19)22-20(23)16-18(4)25-22;1-15-13-19-21(23-15)22-20(14-16(2)24-22)25(19,17-9-5-3-6-10-17)18-11-7-4-8-12-18;1-5-7-9-11-13-25(14-12-10-8-6-2)19-15-17(3)23-21(19)22-20(25)16-18(4)24-22;1-3-4-10-6-8-12(14-10)11-7-5-9(2)13-11;2*1-3-4-2/h23-25H,6-8,10-18,20-22H2,1-5H3;15-16H,5-14H2,1-4H3;3-14H,1-2H3;15-16H,5-14H2,1-4H3;5-8H,1-2H3;3-4H,1-2H3;1-2H3. The summed E-state index contributed by atoms with van der Waals surface area (Å²) in [5.74, 6) is 18.0. The number of aryl methyl sites for hydroxylation is 11. The third kappa shape index (κ3) is 28.7. The second-order valence-corrected chi connectivity index (χ2v) is 58.3. The van der Waals surface area contributed by atoms with Crippen LogP contribution in [-0.2, 0) is 24.7 Å². The summed E-state index contributed by atoms with van der Waals surface area (Å²) < 4.78 is 0. The van der Waals surface area contributed by atoms with Gasteiger partial charge >= 0.3 is 0 Å². The first-order valence-corrected chi connectivity index (χ1v) is 64.6. The second kappa shape index (κ2) is 57.0. The summed E-state index contributed by atoms with van der Waals surface area (Å²) >= 11 is 21.7. The number of allylic oxidation sites excluding steroid dienone is 2. The van der Waals surface area contributed by atoms with Gasteiger partial charge < -0.3 is 0 Å². The molecular weight excluding hydrogens is 1860 g/mol. The van der Waals surface area contributed by atoms with Gasteiger partial charge in [-0.2, -0.15) is 0 Å². The first-order valence-electron chi connectivity index (χ1n) is 51.2. The molecule has 0 bridgehead atoms. The topological polar surface area (TPSA) is 0 Å². The van der Waals surface area contributed by atoms with Crippen molar-refractivity contribution in [2.45, 2.75) is 375 Å². The van der Waals surface area contributed by atoms with E-state index in [0.29, 0.717) is 5.41 Å². The lowest BCUT2D eigenvalue weighted by Crippen LogP contribution is -2.72. The van der Waals surface area contributed by atoms with Crippen LogP contribution in [0.3, 0.4) is 0 Å². The molecule has 134 heavy (non-hydrogen) atoms. The van der Waals surface area contributed by atoms with E-state index >= 15 is 0 Å². The Labute approximate surface area is 860 Å². The third-order valence-corrected chi connectivity index (χ3v) is 49.9. The molecule has 13 heterocycles. The summed E-state index contributed by atoms with van der Waals surface area (Å²) in [5.41, 5.74) is 8.30. The second-order valence-electron chi connectivity index (χ2n) is 37.1. The van der Waals surface area contributed by atoms with Crippen LogP contribution in [-0.4, -0.2) is 16.1 Å². The van der Waals surface area contributed by atoms with Gasteiger partial charge in [-0.3, -0.25) is 0 Å². The quantitative estimate of drug-likeness (QED) is 0.0155. The number of hydrogen-bond acceptors (Lipinski definition) is 11. The third-order valence-electron chi connectivity index (χ3n) is 26.4. The number of fused-ring (bicyclic) bond motifs is 9. The average Bonchev–Trinajstić information content (AvgIpc) is 1.52. The lowest BCUT2D eigenvalue weighted by molar-refractivity contribution is 0.402. The van der Waals surface area contributed by atoms with Crippen LogP contribution in [0.4, 0.5) is 0 Å². The molecule has 0 amide bonds. The van der Waals surface area contributed by atoms with Crippen molar-refractivity contribution in [3.05, 3.63) is 228 Å². The van der Waals surface area contributed by atoms with Crippen LogP contribution in [0.15, 0.2) is 152 Å². The fourth-order valence-corrected chi connectivity index (χ4v) is 45.6. The molecule has 13 aromatic rings. The summed E-state index contributed by atoms with van der Waals surface area (Å²) in [6.45, 7) is 45.8. The summed E-state index contributed by atoms with van der Waals surface area (Å²) in [7, 11) is -3.67. The van der Waals surface area contributed by atoms with Gasteiger partial charge in [-0.05, 0) is 298 Å². The molecule has 0 spiro atoms. The number of rotatable bonds is 40. The van der Waals surface area contributed by atoms with Gasteiger partial charge in [-0.15, -0.1) is 148 Å². The van der Waals surface area contributed by atoms with Gasteiger partial charge in [0.05, 0.1) is 9.75 Å². The number of unbranched alkanes of at least 4 members (excludes halogenated alkanes) is 21. The van der Waals surface area contributed by atoms with Crippen molar-refractivity contribution in [1.29, 1.82) is 0 Å². The molecular formula is C121H158S11Si2. The Balaban J connectivity index is 0.000000174. The maximum Gasteiger partial charge on any atom is 0.182 e. The summed E-state index contributed by atoms with van der Waals surface area (Å²) in [5, 5.41) is 9.82. The maximum atomic E-state index is 3.45. The van der Waals surface area contributed by atoms with E-state index < -0.39 is 16.1 Å². The summed E-state index contributed by atoms with van der Waals surface area (Å²) in [4.78, 5) is 32.4. The zero-order valence-electron chi connectivity index (χ0n) is 85.7. The molecule has 0 saturated heterocycles. The molecule has 716 valence electrons. The van der Waals surface area contributed by atoms with Crippen molar-refractivity contribution in [2.24, 2.45) is 0 Å². The predicted molar refractivity (Wildman–Crippen MR) is 626 cm³/mol. The van der Waals surface area contributed by atoms with Gasteiger partial charge in [0.2, 0.25) is 0 Å². The molecule has 13 heteroatoms. The highest BCUT2D eigenvalue weighted by molar-refractivity contribution is 7.34. The highest BCUT2D eigenvalue weighted by Gasteiger charge is 2.52. The van der Waals surface area contributed by atoms with E-state index in [0.717, 1.165) is 11.3 Å². The van der Waals surface area contributed by atoms with Gasteiger partial charge in [0, 0.05) is 103 Å². The van der Waals surface area contributed by atoms with E-state index in [1.165, 1.54) is 316 Å². The van der Waals surface area contributed by atoms with Crippen LogP contribution in [0.1, 0.15) is 359 Å². The molecule has 0 saturated carbocycles. The molecule has 2 aromatic carbocycles. The van der Waals surface area contributed by atoms with E-state index in [1.807, 2.05) is 155 Å². The van der Waals surface area contributed by atoms with Gasteiger partial charge in [0.1, 0.15) is 8.07 Å². The van der Waals surface area contributed by atoms with Crippen LogP contribution < -0.4 is 31.1 Å². The van der Waals surface area contributed by atoms with Crippen LogP contribution in [0.25, 0.3) is 58.5 Å². The zero-order valence-corrected chi connectivity index (χ0v) is 96.7. The fraction of sp³-hybridized carbons (Fsp3) is 0.471. The molecule has 0 fully saturated rings. The normalized spacial score (nSPS) is 12.6. The highest BCUT2D eigenvalue weighted by atomic mass is 32.1. The lowest BCUT2D eigenvalue weighted by Gasteiger charge is -2.31. The minimum absolute atomic E-state index is 0.321. The maximum absolute atomic E-state index is 3.45. The van der Waals surface area contributed by atoms with E-state index in [1.54, 1.807) is 63.5 Å². The van der Waals surface area contributed by atoms with Crippen LogP contribution >= 0.6 is 125 Å². The average molecular weight is 2020 g/mol. The van der Waals surface area contributed by atoms with Crippen molar-refractivity contribution >= 4 is 172 Å². The summed E-state index contributed by atoms with van der Waals surface area (Å²) in [6.07, 6.45) is 48.3. The zero-order chi connectivity index (χ0) is 96.0. The Kier molecular flexibility index (Phi) is 46.8. The van der Waals surface area contributed by atoms with E-state index in [4.69, 9.17) is 0 Å². The van der Waals surface area contributed by atoms with E-state index in [2.05, 4.69) is 302 Å². The fourth-order valence-electron chi connectivity index (χ4n) is 19.7.